The van der Waals surface area contributed by atoms with E-state index in [1.54, 1.807) is 17.0 Å². The Morgan fingerprint density at radius 3 is 2.91 bits per heavy atom. The zero-order chi connectivity index (χ0) is 22.7. The first-order chi connectivity index (χ1) is 16.0. The van der Waals surface area contributed by atoms with Crippen LogP contribution in [-0.4, -0.2) is 35.9 Å². The van der Waals surface area contributed by atoms with Crippen molar-refractivity contribution in [3.05, 3.63) is 68.8 Å². The third kappa shape index (κ3) is 3.37. The van der Waals surface area contributed by atoms with Crippen LogP contribution in [0.3, 0.4) is 0 Å². The minimum Gasteiger partial charge on any atom is -0.313 e. The Hall–Kier alpha value is -3.37. The van der Waals surface area contributed by atoms with Gasteiger partial charge in [-0.25, -0.2) is 14.3 Å². The van der Waals surface area contributed by atoms with E-state index in [-0.39, 0.29) is 23.3 Å². The SMILES string of the molecule is O=C(Nc1cc(Cl)c(-c2ccc3nsnc3c2)cc1F)N1[C@H]2CC[C@@H]1c1n[nH]c(=O)cc1C2. The predicted octanol–water partition coefficient (Wildman–Crippen LogP) is 4.53. The molecule has 1 fully saturated rings. The number of halogens is 2. The molecular weight excluding hydrogens is 467 g/mol. The number of amides is 2. The lowest BCUT2D eigenvalue weighted by atomic mass is 9.99. The summed E-state index contributed by atoms with van der Waals surface area (Å²) in [5, 5.41) is 9.60. The third-order valence-corrected chi connectivity index (χ3v) is 7.16. The van der Waals surface area contributed by atoms with Gasteiger partial charge >= 0.3 is 6.03 Å². The van der Waals surface area contributed by atoms with Crippen molar-refractivity contribution in [2.24, 2.45) is 0 Å². The number of hydrogen-bond donors (Lipinski definition) is 2. The van der Waals surface area contributed by atoms with Gasteiger partial charge in [-0.2, -0.15) is 13.8 Å². The molecule has 166 valence electrons. The predicted molar refractivity (Wildman–Crippen MR) is 123 cm³/mol. The molecule has 8 nitrogen and oxygen atoms in total. The van der Waals surface area contributed by atoms with Crippen LogP contribution in [0.2, 0.25) is 5.02 Å². The second-order valence-electron chi connectivity index (χ2n) is 8.21. The number of fused-ring (bicyclic) bond motifs is 5. The van der Waals surface area contributed by atoms with E-state index in [1.165, 1.54) is 12.1 Å². The fourth-order valence-electron chi connectivity index (χ4n) is 4.81. The van der Waals surface area contributed by atoms with Gasteiger partial charge in [0.25, 0.3) is 5.56 Å². The van der Waals surface area contributed by atoms with Crippen LogP contribution < -0.4 is 10.9 Å². The largest absolute Gasteiger partial charge is 0.322 e. The molecule has 0 aliphatic carbocycles. The van der Waals surface area contributed by atoms with Gasteiger partial charge in [0, 0.05) is 17.7 Å². The lowest BCUT2D eigenvalue weighted by Crippen LogP contribution is -2.45. The van der Waals surface area contributed by atoms with E-state index in [0.717, 1.165) is 35.6 Å². The highest BCUT2D eigenvalue weighted by Gasteiger charge is 2.44. The highest BCUT2D eigenvalue weighted by atomic mass is 35.5. The van der Waals surface area contributed by atoms with Gasteiger partial charge in [0.05, 0.1) is 34.2 Å². The fourth-order valence-corrected chi connectivity index (χ4v) is 5.60. The summed E-state index contributed by atoms with van der Waals surface area (Å²) in [4.78, 5) is 26.4. The smallest absolute Gasteiger partial charge is 0.313 e. The first-order valence-electron chi connectivity index (χ1n) is 10.4. The second kappa shape index (κ2) is 7.60. The molecule has 2 aliphatic heterocycles. The average Bonchev–Trinajstić information content (AvgIpc) is 3.39. The first kappa shape index (κ1) is 20.3. The van der Waals surface area contributed by atoms with Gasteiger partial charge in [-0.05, 0) is 54.7 Å². The van der Waals surface area contributed by atoms with Gasteiger partial charge in [0.15, 0.2) is 0 Å². The summed E-state index contributed by atoms with van der Waals surface area (Å²) in [7, 11) is 0. The molecule has 2 aromatic heterocycles. The molecule has 2 bridgehead atoms. The number of aromatic nitrogens is 4. The molecule has 0 saturated carbocycles. The number of anilines is 1. The zero-order valence-corrected chi connectivity index (χ0v) is 18.6. The molecule has 2 N–H and O–H groups in total. The van der Waals surface area contributed by atoms with Crippen LogP contribution in [0.1, 0.15) is 30.1 Å². The Balaban J connectivity index is 1.28. The van der Waals surface area contributed by atoms with Crippen molar-refractivity contribution in [3.63, 3.8) is 0 Å². The van der Waals surface area contributed by atoms with Crippen molar-refractivity contribution in [1.82, 2.24) is 23.8 Å². The molecule has 0 unspecified atom stereocenters. The van der Waals surface area contributed by atoms with E-state index in [4.69, 9.17) is 11.6 Å². The van der Waals surface area contributed by atoms with Crippen LogP contribution >= 0.6 is 23.3 Å². The van der Waals surface area contributed by atoms with E-state index in [0.29, 0.717) is 33.8 Å². The number of nitrogens with zero attached hydrogens (tertiary/aromatic N) is 4. The average molecular weight is 483 g/mol. The lowest BCUT2D eigenvalue weighted by Gasteiger charge is -2.35. The molecule has 2 aromatic carbocycles. The monoisotopic (exact) mass is 482 g/mol. The van der Waals surface area contributed by atoms with Gasteiger partial charge < -0.3 is 10.2 Å². The summed E-state index contributed by atoms with van der Waals surface area (Å²) in [6, 6.07) is 8.95. The molecular formula is C22H16ClFN6O2S. The number of carbonyl (C=O) groups excluding carboxylic acids is 1. The minimum atomic E-state index is -0.591. The quantitative estimate of drug-likeness (QED) is 0.437. The number of aromatic amines is 1. The molecule has 33 heavy (non-hydrogen) atoms. The molecule has 6 rings (SSSR count). The highest BCUT2D eigenvalue weighted by molar-refractivity contribution is 7.00. The number of carbonyl (C=O) groups is 1. The van der Waals surface area contributed by atoms with Crippen molar-refractivity contribution < 1.29 is 9.18 Å². The van der Waals surface area contributed by atoms with E-state index >= 15 is 4.39 Å². The maximum Gasteiger partial charge on any atom is 0.322 e. The van der Waals surface area contributed by atoms with Gasteiger partial charge in [0.1, 0.15) is 16.9 Å². The molecule has 11 heteroatoms. The van der Waals surface area contributed by atoms with Crippen molar-refractivity contribution in [3.8, 4) is 11.1 Å². The van der Waals surface area contributed by atoms with Crippen LogP contribution in [0.15, 0.2) is 41.2 Å². The van der Waals surface area contributed by atoms with E-state index in [2.05, 4.69) is 24.3 Å². The molecule has 2 aliphatic rings. The molecule has 4 heterocycles. The maximum atomic E-state index is 15.0. The molecule has 2 amide bonds. The number of rotatable bonds is 2. The van der Waals surface area contributed by atoms with Gasteiger partial charge in [-0.1, -0.05) is 17.7 Å². The number of H-pyrrole nitrogens is 1. The van der Waals surface area contributed by atoms with Gasteiger partial charge in [0.2, 0.25) is 0 Å². The maximum absolute atomic E-state index is 15.0. The minimum absolute atomic E-state index is 0.00442. The Bertz CT molecular complexity index is 1490. The van der Waals surface area contributed by atoms with E-state index in [1.807, 2.05) is 12.1 Å². The normalized spacial score (nSPS) is 19.0. The Morgan fingerprint density at radius 2 is 2.03 bits per heavy atom. The van der Waals surface area contributed by atoms with Crippen molar-refractivity contribution >= 4 is 46.1 Å². The van der Waals surface area contributed by atoms with Crippen molar-refractivity contribution in [2.75, 3.05) is 5.32 Å². The van der Waals surface area contributed by atoms with Crippen molar-refractivity contribution in [1.29, 1.82) is 0 Å². The van der Waals surface area contributed by atoms with Gasteiger partial charge in [-0.15, -0.1) is 0 Å². The van der Waals surface area contributed by atoms with Crippen LogP contribution in [0.25, 0.3) is 22.2 Å². The van der Waals surface area contributed by atoms with E-state index in [9.17, 15) is 9.59 Å². The molecule has 1 saturated heterocycles. The van der Waals surface area contributed by atoms with Crippen LogP contribution in [-0.2, 0) is 6.42 Å². The molecule has 0 radical (unpaired) electrons. The van der Waals surface area contributed by atoms with Crippen LogP contribution in [0.5, 0.6) is 0 Å². The summed E-state index contributed by atoms with van der Waals surface area (Å²) in [6.45, 7) is 0. The number of benzene rings is 2. The first-order valence-corrected chi connectivity index (χ1v) is 11.5. The fraction of sp³-hybridized carbons (Fsp3) is 0.227. The Morgan fingerprint density at radius 1 is 1.18 bits per heavy atom. The number of urea groups is 1. The summed E-state index contributed by atoms with van der Waals surface area (Å²) >= 11 is 7.58. The van der Waals surface area contributed by atoms with E-state index < -0.39 is 11.8 Å². The topological polar surface area (TPSA) is 104 Å². The summed E-state index contributed by atoms with van der Waals surface area (Å²) in [5.74, 6) is -0.591. The lowest BCUT2D eigenvalue weighted by molar-refractivity contribution is 0.177. The van der Waals surface area contributed by atoms with Crippen LogP contribution in [0, 0.1) is 5.82 Å². The second-order valence-corrected chi connectivity index (χ2v) is 9.15. The number of nitrogens with one attached hydrogen (secondary N) is 2. The van der Waals surface area contributed by atoms with Crippen molar-refractivity contribution in [2.45, 2.75) is 31.3 Å². The summed E-state index contributed by atoms with van der Waals surface area (Å²) in [5.41, 5.74) is 3.99. The standard InChI is InChI=1S/C22H16ClFN6O2S/c23-14-9-17(15(24)8-13(14)10-1-3-16-18(6-10)29-33-28-16)25-22(32)30-12-2-4-19(30)21-11(5-12)7-20(31)26-27-21/h1,3,6-9,12,19H,2,4-5H2,(H,25,32)(H,26,31)/t12-,19+/m0/s1. The summed E-state index contributed by atoms with van der Waals surface area (Å²) in [6.07, 6.45) is 2.07. The highest BCUT2D eigenvalue weighted by Crippen LogP contribution is 2.43. The Kier molecular flexibility index (Phi) is 4.66. The van der Waals surface area contributed by atoms with Crippen LogP contribution in [0.4, 0.5) is 14.9 Å². The molecule has 2 atom stereocenters. The van der Waals surface area contributed by atoms with Gasteiger partial charge in [-0.3, -0.25) is 4.79 Å². The Labute approximate surface area is 195 Å². The molecule has 4 aromatic rings. The molecule has 0 spiro atoms. The zero-order valence-electron chi connectivity index (χ0n) is 17.0. The number of hydrogen-bond acceptors (Lipinski definition) is 6. The summed E-state index contributed by atoms with van der Waals surface area (Å²) < 4.78 is 23.4. The third-order valence-electron chi connectivity index (χ3n) is 6.29.